The van der Waals surface area contributed by atoms with E-state index in [9.17, 15) is 18.3 Å². The summed E-state index contributed by atoms with van der Waals surface area (Å²) < 4.78 is 28.0. The van der Waals surface area contributed by atoms with E-state index in [0.717, 1.165) is 0 Å². The molecule has 1 heterocycles. The number of carbonyl (C=O) groups is 1. The number of carbonyl (C=O) groups excluding carboxylic acids is 1. The predicted octanol–water partition coefficient (Wildman–Crippen LogP) is 0.660. The van der Waals surface area contributed by atoms with Crippen molar-refractivity contribution in [1.29, 1.82) is 0 Å². The van der Waals surface area contributed by atoms with Crippen LogP contribution in [0.2, 0.25) is 0 Å². The second-order valence-electron chi connectivity index (χ2n) is 4.83. The molecule has 1 aliphatic rings. The number of methoxy groups -OCH3 is 1. The van der Waals surface area contributed by atoms with Gasteiger partial charge in [-0.2, -0.15) is 0 Å². The van der Waals surface area contributed by atoms with Crippen molar-refractivity contribution < 1.29 is 23.1 Å². The zero-order valence-corrected chi connectivity index (χ0v) is 12.2. The summed E-state index contributed by atoms with van der Waals surface area (Å²) in [6.07, 6.45) is 0.417. The van der Waals surface area contributed by atoms with Crippen molar-refractivity contribution in [2.75, 3.05) is 25.7 Å². The summed E-state index contributed by atoms with van der Waals surface area (Å²) in [5.74, 6) is -0.301. The molecule has 6 nitrogen and oxygen atoms in total. The highest BCUT2D eigenvalue weighted by atomic mass is 32.2. The molecule has 1 aromatic rings. The lowest BCUT2D eigenvalue weighted by molar-refractivity contribution is 0.0741. The number of hydrogen-bond donors (Lipinski definition) is 1. The van der Waals surface area contributed by atoms with Crippen LogP contribution in [0.5, 0.6) is 11.5 Å². The van der Waals surface area contributed by atoms with Crippen LogP contribution in [0.3, 0.4) is 0 Å². The van der Waals surface area contributed by atoms with Gasteiger partial charge in [-0.3, -0.25) is 4.79 Å². The maximum Gasteiger partial charge on any atom is 0.261 e. The van der Waals surface area contributed by atoms with E-state index in [-0.39, 0.29) is 34.6 Å². The number of sulfone groups is 1. The number of rotatable bonds is 3. The molecule has 1 saturated heterocycles. The number of aromatic hydroxyl groups is 1. The summed E-state index contributed by atoms with van der Waals surface area (Å²) in [5, 5.41) is 9.84. The number of amides is 1. The van der Waals surface area contributed by atoms with Crippen LogP contribution < -0.4 is 4.74 Å². The molecule has 0 radical (unpaired) electrons. The third-order valence-corrected chi connectivity index (χ3v) is 5.26. The average molecular weight is 299 g/mol. The first kappa shape index (κ1) is 14.6. The molecule has 0 aliphatic carbocycles. The Balaban J connectivity index is 2.28. The van der Waals surface area contributed by atoms with Gasteiger partial charge in [0.25, 0.3) is 5.91 Å². The Bertz CT molecular complexity index is 626. The van der Waals surface area contributed by atoms with Crippen molar-refractivity contribution in [3.05, 3.63) is 23.8 Å². The average Bonchev–Trinajstić information content (AvgIpc) is 2.77. The predicted molar refractivity (Wildman–Crippen MR) is 73.8 cm³/mol. The lowest BCUT2D eigenvalue weighted by atomic mass is 10.1. The van der Waals surface area contributed by atoms with E-state index in [1.807, 2.05) is 0 Å². The minimum atomic E-state index is -3.07. The van der Waals surface area contributed by atoms with Crippen LogP contribution >= 0.6 is 0 Å². The van der Waals surface area contributed by atoms with E-state index >= 15 is 0 Å². The monoisotopic (exact) mass is 299 g/mol. The van der Waals surface area contributed by atoms with E-state index in [2.05, 4.69) is 0 Å². The van der Waals surface area contributed by atoms with Crippen LogP contribution in [-0.2, 0) is 9.84 Å². The Kier molecular flexibility index (Phi) is 3.89. The summed E-state index contributed by atoms with van der Waals surface area (Å²) in [6, 6.07) is 4.18. The van der Waals surface area contributed by atoms with E-state index < -0.39 is 15.7 Å². The smallest absolute Gasteiger partial charge is 0.261 e. The molecule has 0 spiro atoms. The Labute approximate surface area is 117 Å². The van der Waals surface area contributed by atoms with Gasteiger partial charge in [0.2, 0.25) is 0 Å². The number of ether oxygens (including phenoxy) is 1. The zero-order chi connectivity index (χ0) is 14.9. The van der Waals surface area contributed by atoms with Crippen LogP contribution in [0.25, 0.3) is 0 Å². The first-order valence-electron chi connectivity index (χ1n) is 6.19. The second kappa shape index (κ2) is 5.32. The van der Waals surface area contributed by atoms with Crippen molar-refractivity contribution in [2.24, 2.45) is 0 Å². The second-order valence-corrected chi connectivity index (χ2v) is 7.06. The first-order chi connectivity index (χ1) is 9.35. The highest BCUT2D eigenvalue weighted by Crippen LogP contribution is 2.30. The van der Waals surface area contributed by atoms with Gasteiger partial charge in [-0.15, -0.1) is 0 Å². The molecule has 1 fully saturated rings. The van der Waals surface area contributed by atoms with Crippen molar-refractivity contribution in [2.45, 2.75) is 12.5 Å². The molecule has 1 atom stereocenters. The van der Waals surface area contributed by atoms with E-state index in [1.54, 1.807) is 19.2 Å². The van der Waals surface area contributed by atoms with Crippen molar-refractivity contribution >= 4 is 15.7 Å². The minimum Gasteiger partial charge on any atom is -0.507 e. The topological polar surface area (TPSA) is 83.9 Å². The summed E-state index contributed by atoms with van der Waals surface area (Å²) in [7, 11) is -0.120. The number of phenolic OH excluding ortho intramolecular Hbond substituents is 1. The molecular weight excluding hydrogens is 282 g/mol. The Hall–Kier alpha value is -1.76. The third kappa shape index (κ3) is 2.72. The zero-order valence-electron chi connectivity index (χ0n) is 11.4. The van der Waals surface area contributed by atoms with Crippen LogP contribution in [0.4, 0.5) is 0 Å². The van der Waals surface area contributed by atoms with Crippen LogP contribution in [0.15, 0.2) is 18.2 Å². The molecule has 1 aromatic carbocycles. The maximum atomic E-state index is 12.4. The Morgan fingerprint density at radius 3 is 2.70 bits per heavy atom. The number of phenols is 1. The molecule has 1 unspecified atom stereocenters. The molecular formula is C13H17NO5S. The normalized spacial score (nSPS) is 20.6. The number of hydrogen-bond acceptors (Lipinski definition) is 5. The fraction of sp³-hybridized carbons (Fsp3) is 0.462. The van der Waals surface area contributed by atoms with Gasteiger partial charge in [-0.25, -0.2) is 8.42 Å². The van der Waals surface area contributed by atoms with Gasteiger partial charge in [-0.05, 0) is 18.6 Å². The molecule has 0 saturated carbocycles. The van der Waals surface area contributed by atoms with Crippen molar-refractivity contribution in [3.8, 4) is 11.5 Å². The lowest BCUT2D eigenvalue weighted by Crippen LogP contribution is -2.38. The highest BCUT2D eigenvalue weighted by Gasteiger charge is 2.34. The van der Waals surface area contributed by atoms with Gasteiger partial charge in [0.1, 0.15) is 17.1 Å². The van der Waals surface area contributed by atoms with Gasteiger partial charge < -0.3 is 14.7 Å². The molecule has 1 N–H and O–H groups in total. The van der Waals surface area contributed by atoms with Crippen LogP contribution in [0.1, 0.15) is 16.8 Å². The standard InChI is InChI=1S/C13H17NO5S/c1-14(9-6-7-20(17,18)8-9)13(16)12-10(15)4-3-5-11(12)19-2/h3-5,9,15H,6-8H2,1-2H3. The molecule has 7 heteroatoms. The van der Waals surface area contributed by atoms with Gasteiger partial charge >= 0.3 is 0 Å². The Morgan fingerprint density at radius 2 is 2.15 bits per heavy atom. The van der Waals surface area contributed by atoms with Gasteiger partial charge in [0.05, 0.1) is 18.6 Å². The van der Waals surface area contributed by atoms with E-state index in [4.69, 9.17) is 4.74 Å². The van der Waals surface area contributed by atoms with E-state index in [0.29, 0.717) is 6.42 Å². The van der Waals surface area contributed by atoms with Gasteiger partial charge in [-0.1, -0.05) is 6.07 Å². The molecule has 1 aliphatic heterocycles. The molecule has 110 valence electrons. The summed E-state index contributed by atoms with van der Waals surface area (Å²) >= 11 is 0. The van der Waals surface area contributed by atoms with Gasteiger partial charge in [0, 0.05) is 13.1 Å². The van der Waals surface area contributed by atoms with E-state index in [1.165, 1.54) is 18.1 Å². The molecule has 0 bridgehead atoms. The van der Waals surface area contributed by atoms with Crippen molar-refractivity contribution in [3.63, 3.8) is 0 Å². The highest BCUT2D eigenvalue weighted by molar-refractivity contribution is 7.91. The van der Waals surface area contributed by atoms with Gasteiger partial charge in [0.15, 0.2) is 9.84 Å². The maximum absolute atomic E-state index is 12.4. The number of benzene rings is 1. The molecule has 0 aromatic heterocycles. The SMILES string of the molecule is COc1cccc(O)c1C(=O)N(C)C1CCS(=O)(=O)C1. The van der Waals surface area contributed by atoms with Crippen LogP contribution in [0, 0.1) is 0 Å². The minimum absolute atomic E-state index is 0.0366. The fourth-order valence-corrected chi connectivity index (χ4v) is 4.10. The molecule has 1 amide bonds. The Morgan fingerprint density at radius 1 is 1.45 bits per heavy atom. The van der Waals surface area contributed by atoms with Crippen molar-refractivity contribution in [1.82, 2.24) is 4.90 Å². The lowest BCUT2D eigenvalue weighted by Gasteiger charge is -2.24. The fourth-order valence-electron chi connectivity index (χ4n) is 2.33. The molecule has 20 heavy (non-hydrogen) atoms. The first-order valence-corrected chi connectivity index (χ1v) is 8.01. The van der Waals surface area contributed by atoms with Crippen LogP contribution in [-0.4, -0.2) is 56.0 Å². The summed E-state index contributed by atoms with van der Waals surface area (Å²) in [5.41, 5.74) is 0.0572. The number of nitrogens with zero attached hydrogens (tertiary/aromatic N) is 1. The molecule has 2 rings (SSSR count). The third-order valence-electron chi connectivity index (χ3n) is 3.51. The largest absolute Gasteiger partial charge is 0.507 e. The summed E-state index contributed by atoms with van der Waals surface area (Å²) in [6.45, 7) is 0. The summed E-state index contributed by atoms with van der Waals surface area (Å²) in [4.78, 5) is 13.8. The quantitative estimate of drug-likeness (QED) is 0.886.